The molecule has 0 saturated heterocycles. The molecule has 2 heterocycles. The van der Waals surface area contributed by atoms with Gasteiger partial charge in [0.25, 0.3) is 0 Å². The number of likely N-dealkylation sites (N-methyl/N-ethyl adjacent to an activating group) is 1. The van der Waals surface area contributed by atoms with E-state index >= 15 is 0 Å². The molecule has 0 radical (unpaired) electrons. The summed E-state index contributed by atoms with van der Waals surface area (Å²) in [5, 5.41) is 11.4. The molecule has 1 aliphatic rings. The van der Waals surface area contributed by atoms with Crippen LogP contribution in [0.5, 0.6) is 0 Å². The maximum absolute atomic E-state index is 11.3. The van der Waals surface area contributed by atoms with Crippen molar-refractivity contribution in [3.05, 3.63) is 17.8 Å². The molecule has 1 aliphatic heterocycles. The van der Waals surface area contributed by atoms with Gasteiger partial charge in [0.2, 0.25) is 5.91 Å². The number of carboxylic acids is 1. The quantitative estimate of drug-likeness (QED) is 0.762. The van der Waals surface area contributed by atoms with Gasteiger partial charge in [0, 0.05) is 12.7 Å². The Kier molecular flexibility index (Phi) is 2.47. The van der Waals surface area contributed by atoms with E-state index in [1.807, 2.05) is 6.92 Å². The molecule has 0 atom stereocenters. The van der Waals surface area contributed by atoms with Gasteiger partial charge in [-0.05, 0) is 13.0 Å². The Hall–Kier alpha value is -2.11. The van der Waals surface area contributed by atoms with Crippen molar-refractivity contribution in [2.75, 3.05) is 23.3 Å². The Morgan fingerprint density at radius 3 is 3.06 bits per heavy atom. The zero-order valence-corrected chi connectivity index (χ0v) is 8.73. The monoisotopic (exact) mass is 221 g/mol. The molecule has 6 heteroatoms. The van der Waals surface area contributed by atoms with Crippen LogP contribution in [0.2, 0.25) is 0 Å². The number of carboxylic acid groups (broad SMARTS) is 1. The average molecular weight is 221 g/mol. The summed E-state index contributed by atoms with van der Waals surface area (Å²) in [6.45, 7) is 2.82. The van der Waals surface area contributed by atoms with Crippen LogP contribution >= 0.6 is 0 Å². The van der Waals surface area contributed by atoms with Crippen LogP contribution in [0.4, 0.5) is 11.5 Å². The minimum absolute atomic E-state index is 0.0667. The fourth-order valence-corrected chi connectivity index (χ4v) is 1.62. The summed E-state index contributed by atoms with van der Waals surface area (Å²) in [5.41, 5.74) is 0.523. The number of pyridine rings is 1. The minimum Gasteiger partial charge on any atom is -0.478 e. The highest BCUT2D eigenvalue weighted by Gasteiger charge is 2.23. The zero-order valence-electron chi connectivity index (χ0n) is 8.73. The van der Waals surface area contributed by atoms with Gasteiger partial charge in [0.15, 0.2) is 5.82 Å². The Balaban J connectivity index is 2.46. The fraction of sp³-hybridized carbons (Fsp3) is 0.300. The van der Waals surface area contributed by atoms with E-state index in [1.165, 1.54) is 12.3 Å². The molecule has 6 nitrogen and oxygen atoms in total. The SMILES string of the molecule is CCN1CC(=O)Nc2cc(C(=O)O)cnc21. The first-order valence-corrected chi connectivity index (χ1v) is 4.90. The van der Waals surface area contributed by atoms with Crippen molar-refractivity contribution < 1.29 is 14.7 Å². The molecule has 2 rings (SSSR count). The lowest BCUT2D eigenvalue weighted by molar-refractivity contribution is -0.115. The first-order valence-electron chi connectivity index (χ1n) is 4.90. The number of carbonyl (C=O) groups excluding carboxylic acids is 1. The molecule has 84 valence electrons. The number of aromatic nitrogens is 1. The number of hydrogen-bond acceptors (Lipinski definition) is 4. The second-order valence-electron chi connectivity index (χ2n) is 3.46. The Labute approximate surface area is 91.9 Å². The van der Waals surface area contributed by atoms with E-state index in [4.69, 9.17) is 5.11 Å². The Bertz CT molecular complexity index is 459. The molecule has 0 aromatic carbocycles. The summed E-state index contributed by atoms with van der Waals surface area (Å²) in [4.78, 5) is 28.0. The number of rotatable bonds is 2. The third-order valence-corrected chi connectivity index (χ3v) is 2.40. The summed E-state index contributed by atoms with van der Waals surface area (Å²) in [6.07, 6.45) is 1.29. The summed E-state index contributed by atoms with van der Waals surface area (Å²) >= 11 is 0. The number of carbonyl (C=O) groups is 2. The van der Waals surface area contributed by atoms with Crippen LogP contribution in [0.25, 0.3) is 0 Å². The number of hydrogen-bond donors (Lipinski definition) is 2. The van der Waals surface area contributed by atoms with Crippen LogP contribution in [-0.4, -0.2) is 35.1 Å². The predicted molar refractivity (Wildman–Crippen MR) is 57.7 cm³/mol. The van der Waals surface area contributed by atoms with E-state index in [0.29, 0.717) is 18.1 Å². The molecule has 0 saturated carbocycles. The highest BCUT2D eigenvalue weighted by molar-refractivity contribution is 6.01. The van der Waals surface area contributed by atoms with Gasteiger partial charge in [-0.1, -0.05) is 0 Å². The van der Waals surface area contributed by atoms with Gasteiger partial charge in [0.05, 0.1) is 17.8 Å². The summed E-state index contributed by atoms with van der Waals surface area (Å²) < 4.78 is 0. The van der Waals surface area contributed by atoms with Crippen molar-refractivity contribution in [3.63, 3.8) is 0 Å². The van der Waals surface area contributed by atoms with Crippen LogP contribution in [-0.2, 0) is 4.79 Å². The average Bonchev–Trinajstić information content (AvgIpc) is 2.26. The molecule has 0 spiro atoms. The van der Waals surface area contributed by atoms with E-state index in [0.717, 1.165) is 0 Å². The van der Waals surface area contributed by atoms with Crippen molar-refractivity contribution in [1.29, 1.82) is 0 Å². The highest BCUT2D eigenvalue weighted by Crippen LogP contribution is 2.27. The topological polar surface area (TPSA) is 82.5 Å². The number of anilines is 2. The Morgan fingerprint density at radius 2 is 2.44 bits per heavy atom. The van der Waals surface area contributed by atoms with Gasteiger partial charge in [-0.2, -0.15) is 0 Å². The lowest BCUT2D eigenvalue weighted by atomic mass is 10.2. The molecular formula is C10H11N3O3. The molecule has 0 unspecified atom stereocenters. The van der Waals surface area contributed by atoms with E-state index in [1.54, 1.807) is 4.90 Å². The van der Waals surface area contributed by atoms with Crippen LogP contribution in [0.1, 0.15) is 17.3 Å². The second-order valence-corrected chi connectivity index (χ2v) is 3.46. The van der Waals surface area contributed by atoms with Gasteiger partial charge in [0.1, 0.15) is 0 Å². The standard InChI is InChI=1S/C10H11N3O3/c1-2-13-5-8(14)12-7-3-6(10(15)16)4-11-9(7)13/h3-4H,2,5H2,1H3,(H,12,14)(H,15,16). The number of fused-ring (bicyclic) bond motifs is 1. The third-order valence-electron chi connectivity index (χ3n) is 2.40. The predicted octanol–water partition coefficient (Wildman–Crippen LogP) is 0.558. The number of nitrogens with one attached hydrogen (secondary N) is 1. The third kappa shape index (κ3) is 1.69. The highest BCUT2D eigenvalue weighted by atomic mass is 16.4. The molecule has 2 N–H and O–H groups in total. The van der Waals surface area contributed by atoms with E-state index in [-0.39, 0.29) is 18.0 Å². The molecule has 1 aromatic heterocycles. The minimum atomic E-state index is -1.06. The van der Waals surface area contributed by atoms with Crippen LogP contribution in [0.3, 0.4) is 0 Å². The van der Waals surface area contributed by atoms with Crippen molar-refractivity contribution in [1.82, 2.24) is 4.98 Å². The maximum atomic E-state index is 11.3. The van der Waals surface area contributed by atoms with E-state index < -0.39 is 5.97 Å². The zero-order chi connectivity index (χ0) is 11.7. The first kappa shape index (κ1) is 10.4. The number of amides is 1. The van der Waals surface area contributed by atoms with Gasteiger partial charge in [-0.25, -0.2) is 9.78 Å². The van der Waals surface area contributed by atoms with Crippen molar-refractivity contribution >= 4 is 23.4 Å². The van der Waals surface area contributed by atoms with Crippen LogP contribution < -0.4 is 10.2 Å². The summed E-state index contributed by atoms with van der Waals surface area (Å²) in [5.74, 6) is -0.594. The molecular weight excluding hydrogens is 210 g/mol. The molecule has 0 fully saturated rings. The fourth-order valence-electron chi connectivity index (χ4n) is 1.62. The van der Waals surface area contributed by atoms with Crippen molar-refractivity contribution in [2.45, 2.75) is 6.92 Å². The first-order chi connectivity index (χ1) is 7.61. The maximum Gasteiger partial charge on any atom is 0.337 e. The molecule has 0 bridgehead atoms. The molecule has 0 aliphatic carbocycles. The normalized spacial score (nSPS) is 14.3. The summed E-state index contributed by atoms with van der Waals surface area (Å²) in [6, 6.07) is 1.42. The lowest BCUT2D eigenvalue weighted by Crippen LogP contribution is -2.38. The van der Waals surface area contributed by atoms with Gasteiger partial charge < -0.3 is 15.3 Å². The van der Waals surface area contributed by atoms with Gasteiger partial charge >= 0.3 is 5.97 Å². The van der Waals surface area contributed by atoms with Crippen LogP contribution in [0.15, 0.2) is 12.3 Å². The van der Waals surface area contributed by atoms with Crippen molar-refractivity contribution in [3.8, 4) is 0 Å². The number of aromatic carboxylic acids is 1. The van der Waals surface area contributed by atoms with E-state index in [2.05, 4.69) is 10.3 Å². The van der Waals surface area contributed by atoms with Crippen LogP contribution in [0, 0.1) is 0 Å². The van der Waals surface area contributed by atoms with E-state index in [9.17, 15) is 9.59 Å². The van der Waals surface area contributed by atoms with Crippen molar-refractivity contribution in [2.24, 2.45) is 0 Å². The second kappa shape index (κ2) is 3.80. The number of nitrogens with zero attached hydrogens (tertiary/aromatic N) is 2. The van der Waals surface area contributed by atoms with Gasteiger partial charge in [-0.3, -0.25) is 4.79 Å². The van der Waals surface area contributed by atoms with Gasteiger partial charge in [-0.15, -0.1) is 0 Å². The Morgan fingerprint density at radius 1 is 1.69 bits per heavy atom. The molecule has 16 heavy (non-hydrogen) atoms. The smallest absolute Gasteiger partial charge is 0.337 e. The molecule has 1 amide bonds. The largest absolute Gasteiger partial charge is 0.478 e. The molecule has 1 aromatic rings. The summed E-state index contributed by atoms with van der Waals surface area (Å²) in [7, 11) is 0. The lowest BCUT2D eigenvalue weighted by Gasteiger charge is -2.28.